The van der Waals surface area contributed by atoms with E-state index in [1.807, 2.05) is 48.5 Å². The van der Waals surface area contributed by atoms with Gasteiger partial charge in [-0.05, 0) is 43.2 Å². The first kappa shape index (κ1) is 23.9. The van der Waals surface area contributed by atoms with Crippen LogP contribution in [0.25, 0.3) is 22.3 Å². The van der Waals surface area contributed by atoms with Gasteiger partial charge < -0.3 is 23.9 Å². The Hall–Kier alpha value is -4.26. The van der Waals surface area contributed by atoms with Crippen LogP contribution >= 0.6 is 0 Å². The molecule has 35 heavy (non-hydrogen) atoms. The zero-order valence-corrected chi connectivity index (χ0v) is 19.9. The molecule has 7 nitrogen and oxygen atoms in total. The third-order valence-corrected chi connectivity index (χ3v) is 5.62. The molecule has 7 heteroatoms. The average molecular weight is 474 g/mol. The topological polar surface area (TPSA) is 87.0 Å². The van der Waals surface area contributed by atoms with E-state index in [9.17, 15) is 9.59 Å². The minimum absolute atomic E-state index is 0.0115. The van der Waals surface area contributed by atoms with Crippen molar-refractivity contribution in [2.75, 3.05) is 20.8 Å². The number of hydrogen-bond donors (Lipinski definition) is 1. The van der Waals surface area contributed by atoms with Gasteiger partial charge in [0.05, 0.1) is 19.6 Å². The second-order valence-corrected chi connectivity index (χ2v) is 7.94. The van der Waals surface area contributed by atoms with Crippen LogP contribution in [-0.4, -0.2) is 32.8 Å². The summed E-state index contributed by atoms with van der Waals surface area (Å²) in [6, 6.07) is 21.8. The number of hydrogen-bond acceptors (Lipinski definition) is 6. The van der Waals surface area contributed by atoms with Crippen molar-refractivity contribution in [2.45, 2.75) is 19.4 Å². The molecule has 0 aliphatic carbocycles. The van der Waals surface area contributed by atoms with E-state index in [0.717, 1.165) is 5.56 Å². The molecule has 0 bridgehead atoms. The van der Waals surface area contributed by atoms with E-state index in [4.69, 9.17) is 18.6 Å². The summed E-state index contributed by atoms with van der Waals surface area (Å²) in [7, 11) is 3.16. The molecule has 1 N–H and O–H groups in total. The Bertz CT molecular complexity index is 1380. The van der Waals surface area contributed by atoms with Gasteiger partial charge in [0.1, 0.15) is 5.58 Å². The summed E-state index contributed by atoms with van der Waals surface area (Å²) in [4.78, 5) is 26.0. The first-order valence-corrected chi connectivity index (χ1v) is 11.3. The number of nitrogens with one attached hydrogen (secondary N) is 1. The van der Waals surface area contributed by atoms with Crippen molar-refractivity contribution in [3.8, 4) is 28.6 Å². The van der Waals surface area contributed by atoms with E-state index in [1.165, 1.54) is 0 Å². The van der Waals surface area contributed by atoms with Gasteiger partial charge in [-0.3, -0.25) is 9.59 Å². The van der Waals surface area contributed by atoms with Gasteiger partial charge in [-0.25, -0.2) is 0 Å². The third kappa shape index (κ3) is 5.30. The maximum atomic E-state index is 13.3. The molecular weight excluding hydrogens is 446 g/mol. The molecule has 4 aromatic rings. The smallest absolute Gasteiger partial charge is 0.260 e. The van der Waals surface area contributed by atoms with E-state index >= 15 is 0 Å². The summed E-state index contributed by atoms with van der Waals surface area (Å²) in [5, 5.41) is 3.26. The minimum atomic E-state index is -0.910. The average Bonchev–Trinajstić information content (AvgIpc) is 2.90. The molecule has 4 rings (SSSR count). The molecule has 180 valence electrons. The van der Waals surface area contributed by atoms with Crippen molar-refractivity contribution in [3.05, 3.63) is 88.6 Å². The van der Waals surface area contributed by atoms with Crippen LogP contribution in [0.5, 0.6) is 17.2 Å². The summed E-state index contributed by atoms with van der Waals surface area (Å²) in [6.45, 7) is 2.00. The Morgan fingerprint density at radius 1 is 0.943 bits per heavy atom. The molecule has 1 aromatic heterocycles. The van der Waals surface area contributed by atoms with E-state index in [-0.39, 0.29) is 17.1 Å². The molecule has 0 fully saturated rings. The number of amides is 1. The Balaban J connectivity index is 1.50. The molecule has 0 radical (unpaired) electrons. The van der Waals surface area contributed by atoms with Crippen molar-refractivity contribution in [2.24, 2.45) is 0 Å². The predicted molar refractivity (Wildman–Crippen MR) is 134 cm³/mol. The first-order chi connectivity index (χ1) is 17.0. The molecule has 1 atom stereocenters. The van der Waals surface area contributed by atoms with Crippen LogP contribution in [0.4, 0.5) is 0 Å². The number of ether oxygens (including phenoxy) is 3. The van der Waals surface area contributed by atoms with Gasteiger partial charge in [-0.15, -0.1) is 0 Å². The Morgan fingerprint density at radius 2 is 1.66 bits per heavy atom. The zero-order valence-electron chi connectivity index (χ0n) is 19.9. The number of carbonyl (C=O) groups excluding carboxylic acids is 1. The van der Waals surface area contributed by atoms with Crippen LogP contribution in [0.2, 0.25) is 0 Å². The van der Waals surface area contributed by atoms with E-state index in [0.29, 0.717) is 46.8 Å². The lowest BCUT2D eigenvalue weighted by atomic mass is 10.1. The number of rotatable bonds is 9. The number of fused-ring (bicyclic) bond motifs is 1. The molecule has 1 amide bonds. The Labute approximate surface area is 203 Å². The summed E-state index contributed by atoms with van der Waals surface area (Å²) < 4.78 is 22.5. The largest absolute Gasteiger partial charge is 0.493 e. The summed E-state index contributed by atoms with van der Waals surface area (Å²) in [5.74, 6) is 1.24. The molecule has 0 saturated heterocycles. The quantitative estimate of drug-likeness (QED) is 0.382. The summed E-state index contributed by atoms with van der Waals surface area (Å²) in [6.07, 6.45) is -0.321. The monoisotopic (exact) mass is 473 g/mol. The van der Waals surface area contributed by atoms with Gasteiger partial charge in [0.2, 0.25) is 11.2 Å². The highest BCUT2D eigenvalue weighted by Gasteiger charge is 2.22. The maximum Gasteiger partial charge on any atom is 0.260 e. The third-order valence-electron chi connectivity index (χ3n) is 5.62. The van der Waals surface area contributed by atoms with Crippen LogP contribution in [-0.2, 0) is 11.2 Å². The number of methoxy groups -OCH3 is 2. The van der Waals surface area contributed by atoms with Crippen LogP contribution in [0, 0.1) is 0 Å². The highest BCUT2D eigenvalue weighted by atomic mass is 16.5. The lowest BCUT2D eigenvalue weighted by Gasteiger charge is -2.17. The van der Waals surface area contributed by atoms with E-state index < -0.39 is 6.10 Å². The fourth-order valence-electron chi connectivity index (χ4n) is 3.75. The van der Waals surface area contributed by atoms with Gasteiger partial charge in [-0.1, -0.05) is 48.5 Å². The molecule has 0 spiro atoms. The van der Waals surface area contributed by atoms with Gasteiger partial charge in [-0.2, -0.15) is 0 Å². The van der Waals surface area contributed by atoms with Gasteiger partial charge in [0.25, 0.3) is 5.91 Å². The lowest BCUT2D eigenvalue weighted by molar-refractivity contribution is -0.127. The molecule has 0 aliphatic heterocycles. The Kier molecular flexibility index (Phi) is 7.35. The highest BCUT2D eigenvalue weighted by molar-refractivity contribution is 5.83. The van der Waals surface area contributed by atoms with Crippen molar-refractivity contribution in [3.63, 3.8) is 0 Å². The van der Waals surface area contributed by atoms with Crippen molar-refractivity contribution >= 4 is 16.9 Å². The van der Waals surface area contributed by atoms with Crippen LogP contribution in [0.1, 0.15) is 12.5 Å². The second-order valence-electron chi connectivity index (χ2n) is 7.94. The zero-order chi connectivity index (χ0) is 24.8. The SMILES string of the molecule is COc1ccc(CCNC(=O)C(C)Oc2c(-c3ccccc3)oc3ccccc3c2=O)cc1OC. The molecular formula is C28H27NO6. The number of benzene rings is 3. The number of para-hydroxylation sites is 1. The summed E-state index contributed by atoms with van der Waals surface area (Å²) in [5.41, 5.74) is 1.80. The van der Waals surface area contributed by atoms with Crippen LogP contribution < -0.4 is 25.0 Å². The molecule has 0 saturated carbocycles. The molecule has 0 aliphatic rings. The molecule has 1 unspecified atom stereocenters. The normalized spacial score (nSPS) is 11.6. The first-order valence-electron chi connectivity index (χ1n) is 11.3. The van der Waals surface area contributed by atoms with Crippen molar-refractivity contribution in [1.82, 2.24) is 5.32 Å². The van der Waals surface area contributed by atoms with Gasteiger partial charge >= 0.3 is 0 Å². The Morgan fingerprint density at radius 3 is 2.40 bits per heavy atom. The van der Waals surface area contributed by atoms with Crippen LogP contribution in [0.3, 0.4) is 0 Å². The molecule has 1 heterocycles. The van der Waals surface area contributed by atoms with E-state index in [2.05, 4.69) is 5.32 Å². The highest BCUT2D eigenvalue weighted by Crippen LogP contribution is 2.31. The fourth-order valence-corrected chi connectivity index (χ4v) is 3.75. The van der Waals surface area contributed by atoms with E-state index in [1.54, 1.807) is 45.4 Å². The maximum absolute atomic E-state index is 13.3. The lowest BCUT2D eigenvalue weighted by Crippen LogP contribution is -2.38. The minimum Gasteiger partial charge on any atom is -0.493 e. The van der Waals surface area contributed by atoms with Gasteiger partial charge in [0, 0.05) is 12.1 Å². The second kappa shape index (κ2) is 10.8. The predicted octanol–water partition coefficient (Wildman–Crippen LogP) is 4.60. The van der Waals surface area contributed by atoms with Crippen molar-refractivity contribution < 1.29 is 23.4 Å². The van der Waals surface area contributed by atoms with Gasteiger partial charge in [0.15, 0.2) is 23.4 Å². The van der Waals surface area contributed by atoms with Crippen molar-refractivity contribution in [1.29, 1.82) is 0 Å². The standard InChI is InChI=1S/C28H27NO6/c1-18(28(31)29-16-15-19-13-14-23(32-2)24(17-19)33-3)34-27-25(30)21-11-7-8-12-22(21)35-26(27)20-9-5-4-6-10-20/h4-14,17-18H,15-16H2,1-3H3,(H,29,31). The molecule has 3 aromatic carbocycles. The fraction of sp³-hybridized carbons (Fsp3) is 0.214. The number of carbonyl (C=O) groups is 1. The summed E-state index contributed by atoms with van der Waals surface area (Å²) >= 11 is 0. The van der Waals surface area contributed by atoms with Crippen LogP contribution in [0.15, 0.2) is 82.0 Å².